The van der Waals surface area contributed by atoms with E-state index < -0.39 is 5.54 Å². The van der Waals surface area contributed by atoms with Gasteiger partial charge < -0.3 is 15.4 Å². The van der Waals surface area contributed by atoms with Gasteiger partial charge in [-0.15, -0.1) is 0 Å². The summed E-state index contributed by atoms with van der Waals surface area (Å²) < 4.78 is 5.95. The highest BCUT2D eigenvalue weighted by Gasteiger charge is 2.37. The minimum Gasteiger partial charge on any atom is -0.378 e. The molecule has 0 unspecified atom stereocenters. The first-order valence-electron chi connectivity index (χ1n) is 12.4. The summed E-state index contributed by atoms with van der Waals surface area (Å²) >= 11 is 0. The second-order valence-electron chi connectivity index (χ2n) is 10.2. The third-order valence-corrected chi connectivity index (χ3v) is 7.27. The lowest BCUT2D eigenvalue weighted by Gasteiger charge is -2.41. The maximum Gasteiger partial charge on any atom is 0.115 e. The number of nitroso groups, excluding NO2 is 1. The quantitative estimate of drug-likeness (QED) is 0.275. The van der Waals surface area contributed by atoms with Gasteiger partial charge in [-0.1, -0.05) is 45.6 Å². The van der Waals surface area contributed by atoms with E-state index in [-0.39, 0.29) is 17.4 Å². The second-order valence-corrected chi connectivity index (χ2v) is 10.2. The molecule has 0 aromatic heterocycles. The number of nitrogens with zero attached hydrogens (tertiary/aromatic N) is 1. The van der Waals surface area contributed by atoms with Gasteiger partial charge in [0.05, 0.1) is 14.0 Å². The predicted octanol–water partition coefficient (Wildman–Crippen LogP) is 5.38. The first-order chi connectivity index (χ1) is 14.1. The molecule has 30 heavy (non-hydrogen) atoms. The van der Waals surface area contributed by atoms with Crippen molar-refractivity contribution in [2.24, 2.45) is 11.1 Å². The zero-order valence-corrected chi connectivity index (χ0v) is 20.8. The van der Waals surface area contributed by atoms with Gasteiger partial charge in [-0.2, -0.15) is 4.91 Å². The summed E-state index contributed by atoms with van der Waals surface area (Å²) in [7, 11) is 6.10. The monoisotopic (exact) mass is 421 g/mol. The summed E-state index contributed by atoms with van der Waals surface area (Å²) in [6.45, 7) is 16.9. The van der Waals surface area contributed by atoms with E-state index in [0.717, 1.165) is 58.1 Å². The van der Waals surface area contributed by atoms with Crippen LogP contribution in [-0.2, 0) is 4.74 Å². The molecule has 6 heteroatoms. The summed E-state index contributed by atoms with van der Waals surface area (Å²) in [5, 5.41) is 11.1. The molecule has 0 aromatic rings. The maximum absolute atomic E-state index is 11.6. The molecule has 0 aliphatic heterocycles. The van der Waals surface area contributed by atoms with Crippen molar-refractivity contribution in [2.75, 3.05) is 13.2 Å². The van der Waals surface area contributed by atoms with Crippen LogP contribution in [0.1, 0.15) is 99.8 Å². The number of rotatable bonds is 15. The average molecular weight is 421 g/mol. The molecule has 1 aliphatic carbocycles. The van der Waals surface area contributed by atoms with Crippen LogP contribution in [0.2, 0.25) is 5.82 Å². The zero-order valence-electron chi connectivity index (χ0n) is 20.8. The van der Waals surface area contributed by atoms with Gasteiger partial charge in [0.2, 0.25) is 0 Å². The summed E-state index contributed by atoms with van der Waals surface area (Å²) in [6, 6.07) is 0.316. The molecule has 0 bridgehead atoms. The predicted molar refractivity (Wildman–Crippen MR) is 129 cm³/mol. The topological polar surface area (TPSA) is 62.7 Å². The molecule has 0 amide bonds. The lowest BCUT2D eigenvalue weighted by molar-refractivity contribution is 0.00988. The van der Waals surface area contributed by atoms with Gasteiger partial charge in [0.15, 0.2) is 0 Å². The molecule has 0 aromatic carbocycles. The average Bonchev–Trinajstić information content (AvgIpc) is 2.73. The van der Waals surface area contributed by atoms with Crippen LogP contribution in [0.15, 0.2) is 5.18 Å². The minimum absolute atomic E-state index is 0.00543. The van der Waals surface area contributed by atoms with E-state index in [9.17, 15) is 4.91 Å². The molecule has 2 radical (unpaired) electrons. The van der Waals surface area contributed by atoms with Gasteiger partial charge >= 0.3 is 0 Å². The van der Waals surface area contributed by atoms with E-state index in [0.29, 0.717) is 24.5 Å². The van der Waals surface area contributed by atoms with Gasteiger partial charge in [0.1, 0.15) is 5.54 Å². The summed E-state index contributed by atoms with van der Waals surface area (Å²) in [4.78, 5) is 11.6. The Morgan fingerprint density at radius 2 is 1.87 bits per heavy atom. The Kier molecular flexibility index (Phi) is 12.1. The minimum atomic E-state index is -0.628. The Labute approximate surface area is 187 Å². The first kappa shape index (κ1) is 27.6. The van der Waals surface area contributed by atoms with Crippen molar-refractivity contribution in [3.8, 4) is 0 Å². The Bertz CT molecular complexity index is 483. The van der Waals surface area contributed by atoms with E-state index in [1.165, 1.54) is 0 Å². The summed E-state index contributed by atoms with van der Waals surface area (Å²) in [5.74, 6) is 0.481. The molecule has 1 saturated carbocycles. The normalized spacial score (nSPS) is 28.3. The highest BCUT2D eigenvalue weighted by Crippen LogP contribution is 2.31. The van der Waals surface area contributed by atoms with Crippen LogP contribution in [0.4, 0.5) is 0 Å². The highest BCUT2D eigenvalue weighted by atomic mass is 16.5. The number of hydrogen-bond acceptors (Lipinski definition) is 5. The van der Waals surface area contributed by atoms with E-state index in [1.807, 2.05) is 20.8 Å². The molecule has 1 fully saturated rings. The maximum atomic E-state index is 11.6. The Morgan fingerprint density at radius 3 is 2.33 bits per heavy atom. The van der Waals surface area contributed by atoms with E-state index in [2.05, 4.69) is 43.5 Å². The van der Waals surface area contributed by atoms with Gasteiger partial charge in [0.25, 0.3) is 0 Å². The number of hydrogen-bond donors (Lipinski definition) is 2. The van der Waals surface area contributed by atoms with Crippen LogP contribution < -0.4 is 10.6 Å². The van der Waals surface area contributed by atoms with Crippen molar-refractivity contribution in [3.05, 3.63) is 4.91 Å². The molecular formula is C24H48BN3O2. The molecule has 1 rings (SSSR count). The smallest absolute Gasteiger partial charge is 0.115 e. The third kappa shape index (κ3) is 8.59. The fourth-order valence-electron chi connectivity index (χ4n) is 4.60. The standard InChI is InChI=1S/C24H48BN3O2/c1-8-15-30-20-11-13-23(6,14-12-20)26-17-18(4)21(9-2)27-22(16-19(5)25)24(7,10-3)28-29/h18-22,26-27H,8-17H2,1-7H3/t18-,19-,20?,21+,22-,23?,24-/m0/s1. The molecular weight excluding hydrogens is 373 g/mol. The largest absolute Gasteiger partial charge is 0.378 e. The van der Waals surface area contributed by atoms with Crippen LogP contribution in [0.25, 0.3) is 0 Å². The molecule has 174 valence electrons. The van der Waals surface area contributed by atoms with E-state index in [1.54, 1.807) is 0 Å². The van der Waals surface area contributed by atoms with Gasteiger partial charge in [0, 0.05) is 24.2 Å². The Morgan fingerprint density at radius 1 is 1.23 bits per heavy atom. The molecule has 2 N–H and O–H groups in total. The SMILES string of the molecule is [B][C@@H](C)C[C@H](N[C@H](CC)[C@@H](C)CNC1(C)CCC(OCCC)CC1)[C@](C)(CC)N=O. The van der Waals surface area contributed by atoms with Crippen LogP contribution in [0, 0.1) is 10.8 Å². The molecule has 1 aliphatic rings. The fraction of sp³-hybridized carbons (Fsp3) is 1.00. The van der Waals surface area contributed by atoms with Crippen LogP contribution >= 0.6 is 0 Å². The molecule has 0 heterocycles. The van der Waals surface area contributed by atoms with Crippen LogP contribution in [0.3, 0.4) is 0 Å². The van der Waals surface area contributed by atoms with Crippen molar-refractivity contribution >= 4 is 7.85 Å². The van der Waals surface area contributed by atoms with Crippen molar-refractivity contribution in [1.82, 2.24) is 10.6 Å². The van der Waals surface area contributed by atoms with Gasteiger partial charge in [-0.3, -0.25) is 0 Å². The summed E-state index contributed by atoms with van der Waals surface area (Å²) in [6.07, 6.45) is 8.61. The lowest BCUT2D eigenvalue weighted by atomic mass is 9.76. The Hall–Kier alpha value is -0.455. The number of ether oxygens (including phenoxy) is 1. The zero-order chi connectivity index (χ0) is 22.8. The Balaban J connectivity index is 2.64. The number of nitrogens with one attached hydrogen (secondary N) is 2. The molecule has 0 spiro atoms. The summed E-state index contributed by atoms with van der Waals surface area (Å²) in [5.41, 5.74) is -0.441. The van der Waals surface area contributed by atoms with Gasteiger partial charge in [-0.05, 0) is 77.7 Å². The van der Waals surface area contributed by atoms with E-state index >= 15 is 0 Å². The fourth-order valence-corrected chi connectivity index (χ4v) is 4.60. The van der Waals surface area contributed by atoms with Crippen molar-refractivity contribution < 1.29 is 4.74 Å². The second kappa shape index (κ2) is 13.2. The van der Waals surface area contributed by atoms with Crippen LogP contribution in [0.5, 0.6) is 0 Å². The highest BCUT2D eigenvalue weighted by molar-refractivity contribution is 6.11. The van der Waals surface area contributed by atoms with Crippen molar-refractivity contribution in [2.45, 2.75) is 135 Å². The van der Waals surface area contributed by atoms with E-state index in [4.69, 9.17) is 12.6 Å². The first-order valence-corrected chi connectivity index (χ1v) is 12.4. The lowest BCUT2D eigenvalue weighted by Crippen LogP contribution is -2.55. The van der Waals surface area contributed by atoms with Crippen molar-refractivity contribution in [3.63, 3.8) is 0 Å². The van der Waals surface area contributed by atoms with Gasteiger partial charge in [-0.25, -0.2) is 0 Å². The third-order valence-electron chi connectivity index (χ3n) is 7.27. The van der Waals surface area contributed by atoms with Crippen LogP contribution in [-0.4, -0.2) is 50.3 Å². The molecule has 0 saturated heterocycles. The molecule has 5 atom stereocenters. The van der Waals surface area contributed by atoms with Crippen molar-refractivity contribution in [1.29, 1.82) is 0 Å². The molecule has 5 nitrogen and oxygen atoms in total.